The molecule has 1 unspecified atom stereocenters. The minimum atomic E-state index is -2.50. The van der Waals surface area contributed by atoms with Gasteiger partial charge >= 0.3 is 0 Å². The number of nitriles is 1. The van der Waals surface area contributed by atoms with E-state index < -0.39 is 18.3 Å². The molecule has 1 aromatic heterocycles. The number of fused-ring (bicyclic) bond motifs is 1. The highest BCUT2D eigenvalue weighted by molar-refractivity contribution is 6.20. The van der Waals surface area contributed by atoms with E-state index in [9.17, 15) is 8.78 Å². The largest absolute Gasteiger partial charge is 0.321 e. The van der Waals surface area contributed by atoms with Crippen molar-refractivity contribution >= 4 is 22.6 Å². The van der Waals surface area contributed by atoms with Gasteiger partial charge < -0.3 is 4.57 Å². The third-order valence-corrected chi connectivity index (χ3v) is 2.80. The van der Waals surface area contributed by atoms with Crippen LogP contribution in [0.4, 0.5) is 8.78 Å². The van der Waals surface area contributed by atoms with Gasteiger partial charge in [0.2, 0.25) is 0 Å². The Labute approximate surface area is 108 Å². The molecular formula is C12H10ClF2N3. The first-order chi connectivity index (χ1) is 8.54. The lowest BCUT2D eigenvalue weighted by atomic mass is 10.2. The summed E-state index contributed by atoms with van der Waals surface area (Å²) in [6.45, 7) is 1.19. The van der Waals surface area contributed by atoms with Crippen LogP contribution in [-0.2, 0) is 6.54 Å². The molecule has 3 nitrogen and oxygen atoms in total. The maximum Gasteiger partial charge on any atom is 0.256 e. The molecule has 0 saturated heterocycles. The monoisotopic (exact) mass is 269 g/mol. The summed E-state index contributed by atoms with van der Waals surface area (Å²) in [7, 11) is 0. The van der Waals surface area contributed by atoms with Crippen molar-refractivity contribution in [2.24, 2.45) is 0 Å². The van der Waals surface area contributed by atoms with Crippen LogP contribution in [0, 0.1) is 11.3 Å². The lowest BCUT2D eigenvalue weighted by Gasteiger charge is -2.09. The molecule has 18 heavy (non-hydrogen) atoms. The Balaban J connectivity index is 2.72. The average Bonchev–Trinajstić information content (AvgIpc) is 2.67. The van der Waals surface area contributed by atoms with Gasteiger partial charge in [-0.1, -0.05) is 6.07 Å². The van der Waals surface area contributed by atoms with Crippen molar-refractivity contribution in [3.8, 4) is 6.07 Å². The lowest BCUT2D eigenvalue weighted by Crippen LogP contribution is -2.10. The summed E-state index contributed by atoms with van der Waals surface area (Å²) in [6.07, 6.45) is -2.50. The summed E-state index contributed by atoms with van der Waals surface area (Å²) in [5.41, 5.74) is 1.29. The Hall–Kier alpha value is -1.67. The Bertz CT molecular complexity index is 614. The topological polar surface area (TPSA) is 41.6 Å². The van der Waals surface area contributed by atoms with Crippen molar-refractivity contribution in [1.29, 1.82) is 5.26 Å². The van der Waals surface area contributed by atoms with Gasteiger partial charge in [0.1, 0.15) is 17.4 Å². The van der Waals surface area contributed by atoms with Crippen LogP contribution >= 0.6 is 11.6 Å². The third kappa shape index (κ3) is 2.16. The summed E-state index contributed by atoms with van der Waals surface area (Å²) in [4.78, 5) is 4.21. The van der Waals surface area contributed by atoms with E-state index in [1.807, 2.05) is 6.07 Å². The summed E-state index contributed by atoms with van der Waals surface area (Å²) >= 11 is 5.95. The van der Waals surface area contributed by atoms with Gasteiger partial charge in [-0.2, -0.15) is 5.26 Å². The van der Waals surface area contributed by atoms with E-state index in [1.165, 1.54) is 4.57 Å². The standard InChI is InChI=1S/C12H10ClF2N3/c1-7(13)12-17-11-8(5-16)3-2-4-9(11)18(12)6-10(14)15/h2-4,7,10H,6H2,1H3. The van der Waals surface area contributed by atoms with Crippen molar-refractivity contribution in [1.82, 2.24) is 9.55 Å². The maximum atomic E-state index is 12.6. The van der Waals surface area contributed by atoms with Crippen LogP contribution in [0.3, 0.4) is 0 Å². The van der Waals surface area contributed by atoms with E-state index in [4.69, 9.17) is 16.9 Å². The highest BCUT2D eigenvalue weighted by Crippen LogP contribution is 2.27. The molecule has 0 saturated carbocycles. The van der Waals surface area contributed by atoms with Crippen LogP contribution in [0.2, 0.25) is 0 Å². The molecule has 0 radical (unpaired) electrons. The molecule has 1 heterocycles. The van der Waals surface area contributed by atoms with Gasteiger partial charge in [-0.3, -0.25) is 0 Å². The minimum Gasteiger partial charge on any atom is -0.321 e. The van der Waals surface area contributed by atoms with E-state index in [-0.39, 0.29) is 0 Å². The molecule has 0 aliphatic heterocycles. The summed E-state index contributed by atoms with van der Waals surface area (Å²) < 4.78 is 26.6. The van der Waals surface area contributed by atoms with E-state index >= 15 is 0 Å². The molecule has 0 aliphatic carbocycles. The molecule has 0 aliphatic rings. The molecule has 0 fully saturated rings. The second kappa shape index (κ2) is 4.91. The van der Waals surface area contributed by atoms with E-state index in [2.05, 4.69) is 4.98 Å². The first kappa shape index (κ1) is 12.8. The molecule has 0 N–H and O–H groups in total. The smallest absolute Gasteiger partial charge is 0.256 e. The van der Waals surface area contributed by atoms with Crippen molar-refractivity contribution in [2.75, 3.05) is 0 Å². The number of aromatic nitrogens is 2. The SMILES string of the molecule is CC(Cl)c1nc2c(C#N)cccc2n1CC(F)F. The molecule has 1 atom stereocenters. The zero-order valence-corrected chi connectivity index (χ0v) is 10.3. The second-order valence-electron chi connectivity index (χ2n) is 3.87. The Morgan fingerprint density at radius 3 is 2.78 bits per heavy atom. The van der Waals surface area contributed by atoms with Crippen molar-refractivity contribution in [2.45, 2.75) is 25.3 Å². The molecule has 0 bridgehead atoms. The Kier molecular flexibility index (Phi) is 3.48. The molecule has 94 valence electrons. The number of nitrogens with zero attached hydrogens (tertiary/aromatic N) is 3. The summed E-state index contributed by atoms with van der Waals surface area (Å²) in [5, 5.41) is 8.48. The number of para-hydroxylation sites is 1. The van der Waals surface area contributed by atoms with Crippen LogP contribution in [0.25, 0.3) is 11.0 Å². The van der Waals surface area contributed by atoms with Crippen LogP contribution in [-0.4, -0.2) is 16.0 Å². The van der Waals surface area contributed by atoms with Gasteiger partial charge in [-0.15, -0.1) is 11.6 Å². The highest BCUT2D eigenvalue weighted by atomic mass is 35.5. The molecule has 1 aromatic carbocycles. The van der Waals surface area contributed by atoms with E-state index in [1.54, 1.807) is 25.1 Å². The summed E-state index contributed by atoms with van der Waals surface area (Å²) in [6, 6.07) is 6.91. The predicted molar refractivity (Wildman–Crippen MR) is 64.7 cm³/mol. The second-order valence-corrected chi connectivity index (χ2v) is 4.53. The number of alkyl halides is 3. The van der Waals surface area contributed by atoms with E-state index in [0.717, 1.165) is 0 Å². The maximum absolute atomic E-state index is 12.6. The molecule has 6 heteroatoms. The number of hydrogen-bond donors (Lipinski definition) is 0. The van der Waals surface area contributed by atoms with Crippen LogP contribution in [0.1, 0.15) is 23.7 Å². The minimum absolute atomic E-state index is 0.356. The zero-order chi connectivity index (χ0) is 13.3. The average molecular weight is 270 g/mol. The van der Waals surface area contributed by atoms with Gasteiger partial charge in [-0.05, 0) is 19.1 Å². The molecule has 0 amide bonds. The zero-order valence-electron chi connectivity index (χ0n) is 9.57. The van der Waals surface area contributed by atoms with Gasteiger partial charge in [0, 0.05) is 0 Å². The van der Waals surface area contributed by atoms with Gasteiger partial charge in [-0.25, -0.2) is 13.8 Å². The fourth-order valence-electron chi connectivity index (χ4n) is 1.89. The highest BCUT2D eigenvalue weighted by Gasteiger charge is 2.19. The number of halogens is 3. The molecule has 0 spiro atoms. The predicted octanol–water partition coefficient (Wildman–Crippen LogP) is 3.47. The first-order valence-electron chi connectivity index (χ1n) is 5.36. The molecule has 2 rings (SSSR count). The van der Waals surface area contributed by atoms with Crippen LogP contribution in [0.5, 0.6) is 0 Å². The molecular weight excluding hydrogens is 260 g/mol. The van der Waals surface area contributed by atoms with Gasteiger partial charge in [0.25, 0.3) is 6.43 Å². The van der Waals surface area contributed by atoms with Gasteiger partial charge in [0.05, 0.1) is 23.0 Å². The van der Waals surface area contributed by atoms with Crippen molar-refractivity contribution < 1.29 is 8.78 Å². The van der Waals surface area contributed by atoms with Crippen molar-refractivity contribution in [3.63, 3.8) is 0 Å². The normalized spacial score (nSPS) is 12.9. The van der Waals surface area contributed by atoms with Crippen LogP contribution < -0.4 is 0 Å². The van der Waals surface area contributed by atoms with Gasteiger partial charge in [0.15, 0.2) is 0 Å². The fourth-order valence-corrected chi connectivity index (χ4v) is 2.06. The summed E-state index contributed by atoms with van der Waals surface area (Å²) in [5.74, 6) is 0.356. The fraction of sp³-hybridized carbons (Fsp3) is 0.333. The van der Waals surface area contributed by atoms with Crippen LogP contribution in [0.15, 0.2) is 18.2 Å². The lowest BCUT2D eigenvalue weighted by molar-refractivity contribution is 0.127. The third-order valence-electron chi connectivity index (χ3n) is 2.61. The Morgan fingerprint density at radius 1 is 1.50 bits per heavy atom. The first-order valence-corrected chi connectivity index (χ1v) is 5.79. The van der Waals surface area contributed by atoms with E-state index in [0.29, 0.717) is 22.4 Å². The van der Waals surface area contributed by atoms with Crippen molar-refractivity contribution in [3.05, 3.63) is 29.6 Å². The quantitative estimate of drug-likeness (QED) is 0.801. The number of benzene rings is 1. The number of rotatable bonds is 3. The Morgan fingerprint density at radius 2 is 2.22 bits per heavy atom. The molecule has 2 aromatic rings. The number of imidazole rings is 1. The number of hydrogen-bond acceptors (Lipinski definition) is 2.